The highest BCUT2D eigenvalue weighted by Gasteiger charge is 2.19. The third-order valence-corrected chi connectivity index (χ3v) is 3.48. The second-order valence-electron chi connectivity index (χ2n) is 4.67. The molecule has 18 heavy (non-hydrogen) atoms. The van der Waals surface area contributed by atoms with Gasteiger partial charge in [0.25, 0.3) is 0 Å². The van der Waals surface area contributed by atoms with E-state index in [9.17, 15) is 0 Å². The SMILES string of the molecule is CCC(N)(CC)CNc1cnc2ccccc2n1. The minimum atomic E-state index is -0.173. The van der Waals surface area contributed by atoms with Crippen molar-refractivity contribution in [1.29, 1.82) is 0 Å². The van der Waals surface area contributed by atoms with Gasteiger partial charge in [0.1, 0.15) is 5.82 Å². The molecule has 0 aliphatic heterocycles. The van der Waals surface area contributed by atoms with Crippen molar-refractivity contribution in [3.05, 3.63) is 30.5 Å². The molecule has 0 spiro atoms. The van der Waals surface area contributed by atoms with E-state index in [-0.39, 0.29) is 5.54 Å². The molecule has 2 rings (SSSR count). The molecule has 4 nitrogen and oxygen atoms in total. The summed E-state index contributed by atoms with van der Waals surface area (Å²) in [4.78, 5) is 8.89. The fraction of sp³-hybridized carbons (Fsp3) is 0.429. The Kier molecular flexibility index (Phi) is 3.77. The first-order chi connectivity index (χ1) is 8.67. The second-order valence-corrected chi connectivity index (χ2v) is 4.67. The lowest BCUT2D eigenvalue weighted by atomic mass is 9.94. The average Bonchev–Trinajstić information content (AvgIpc) is 2.44. The van der Waals surface area contributed by atoms with E-state index in [2.05, 4.69) is 29.1 Å². The predicted molar refractivity (Wildman–Crippen MR) is 75.5 cm³/mol. The summed E-state index contributed by atoms with van der Waals surface area (Å²) in [5.41, 5.74) is 7.88. The summed E-state index contributed by atoms with van der Waals surface area (Å²) in [5.74, 6) is 0.783. The maximum Gasteiger partial charge on any atom is 0.145 e. The minimum absolute atomic E-state index is 0.173. The van der Waals surface area contributed by atoms with E-state index in [1.807, 2.05) is 24.3 Å². The molecule has 1 heterocycles. The predicted octanol–water partition coefficient (Wildman–Crippen LogP) is 2.56. The number of hydrogen-bond acceptors (Lipinski definition) is 4. The van der Waals surface area contributed by atoms with Crippen LogP contribution in [0.1, 0.15) is 26.7 Å². The zero-order valence-electron chi connectivity index (χ0n) is 11.0. The van der Waals surface area contributed by atoms with Gasteiger partial charge in [-0.25, -0.2) is 4.98 Å². The van der Waals surface area contributed by atoms with Gasteiger partial charge in [-0.05, 0) is 25.0 Å². The van der Waals surface area contributed by atoms with Crippen molar-refractivity contribution < 1.29 is 0 Å². The summed E-state index contributed by atoms with van der Waals surface area (Å²) in [6.07, 6.45) is 3.64. The van der Waals surface area contributed by atoms with E-state index in [1.54, 1.807) is 6.20 Å². The Morgan fingerprint density at radius 2 is 1.83 bits per heavy atom. The molecule has 0 saturated carbocycles. The van der Waals surface area contributed by atoms with Crippen LogP contribution < -0.4 is 11.1 Å². The Bertz CT molecular complexity index is 520. The average molecular weight is 244 g/mol. The van der Waals surface area contributed by atoms with Crippen molar-refractivity contribution in [3.8, 4) is 0 Å². The number of anilines is 1. The highest BCUT2D eigenvalue weighted by molar-refractivity contribution is 5.75. The number of nitrogens with one attached hydrogen (secondary N) is 1. The third-order valence-electron chi connectivity index (χ3n) is 3.48. The summed E-state index contributed by atoms with van der Waals surface area (Å²) >= 11 is 0. The smallest absolute Gasteiger partial charge is 0.145 e. The van der Waals surface area contributed by atoms with E-state index >= 15 is 0 Å². The standard InChI is InChI=1S/C14H20N4/c1-3-14(15,4-2)10-17-13-9-16-11-7-5-6-8-12(11)18-13/h5-9H,3-4,10,15H2,1-2H3,(H,17,18). The normalized spacial score (nSPS) is 11.7. The number of nitrogens with zero attached hydrogens (tertiary/aromatic N) is 2. The maximum absolute atomic E-state index is 6.25. The fourth-order valence-electron chi connectivity index (χ4n) is 1.81. The van der Waals surface area contributed by atoms with Crippen LogP contribution in [-0.4, -0.2) is 22.1 Å². The number of benzene rings is 1. The van der Waals surface area contributed by atoms with Crippen LogP contribution in [0.4, 0.5) is 5.82 Å². The summed E-state index contributed by atoms with van der Waals surface area (Å²) in [5, 5.41) is 3.28. The zero-order chi connectivity index (χ0) is 13.0. The molecule has 96 valence electrons. The van der Waals surface area contributed by atoms with Gasteiger partial charge in [-0.15, -0.1) is 0 Å². The Morgan fingerprint density at radius 3 is 2.50 bits per heavy atom. The number of nitrogens with two attached hydrogens (primary N) is 1. The number of rotatable bonds is 5. The Hall–Kier alpha value is -1.68. The van der Waals surface area contributed by atoms with E-state index in [0.717, 1.165) is 29.7 Å². The van der Waals surface area contributed by atoms with Crippen LogP contribution in [0.25, 0.3) is 11.0 Å². The Labute approximate surface area is 108 Å². The van der Waals surface area contributed by atoms with Crippen LogP contribution >= 0.6 is 0 Å². The van der Waals surface area contributed by atoms with Crippen molar-refractivity contribution in [3.63, 3.8) is 0 Å². The van der Waals surface area contributed by atoms with Gasteiger partial charge in [0, 0.05) is 12.1 Å². The van der Waals surface area contributed by atoms with Gasteiger partial charge in [-0.3, -0.25) is 4.98 Å². The molecule has 0 bridgehead atoms. The fourth-order valence-corrected chi connectivity index (χ4v) is 1.81. The van der Waals surface area contributed by atoms with Gasteiger partial charge >= 0.3 is 0 Å². The number of hydrogen-bond donors (Lipinski definition) is 2. The topological polar surface area (TPSA) is 63.8 Å². The molecule has 2 aromatic rings. The first-order valence-electron chi connectivity index (χ1n) is 6.41. The molecule has 3 N–H and O–H groups in total. The van der Waals surface area contributed by atoms with E-state index in [0.29, 0.717) is 6.54 Å². The number of para-hydroxylation sites is 2. The van der Waals surface area contributed by atoms with Crippen LogP contribution in [0.3, 0.4) is 0 Å². The molecule has 0 atom stereocenters. The van der Waals surface area contributed by atoms with Crippen molar-refractivity contribution in [2.24, 2.45) is 5.73 Å². The zero-order valence-corrected chi connectivity index (χ0v) is 11.0. The quantitative estimate of drug-likeness (QED) is 0.848. The monoisotopic (exact) mass is 244 g/mol. The van der Waals surface area contributed by atoms with Crippen molar-refractivity contribution in [2.45, 2.75) is 32.2 Å². The number of aromatic nitrogens is 2. The second kappa shape index (κ2) is 5.31. The molecule has 1 aromatic carbocycles. The van der Waals surface area contributed by atoms with Crippen LogP contribution in [0.2, 0.25) is 0 Å². The van der Waals surface area contributed by atoms with Gasteiger partial charge in [-0.1, -0.05) is 26.0 Å². The lowest BCUT2D eigenvalue weighted by molar-refractivity contribution is 0.418. The van der Waals surface area contributed by atoms with Gasteiger partial charge in [0.05, 0.1) is 17.2 Å². The summed E-state index contributed by atoms with van der Waals surface area (Å²) in [6, 6.07) is 7.84. The molecule has 0 fully saturated rings. The molecule has 0 radical (unpaired) electrons. The summed E-state index contributed by atoms with van der Waals surface area (Å²) in [7, 11) is 0. The van der Waals surface area contributed by atoms with E-state index in [4.69, 9.17) is 5.73 Å². The first-order valence-corrected chi connectivity index (χ1v) is 6.41. The highest BCUT2D eigenvalue weighted by atomic mass is 15.0. The van der Waals surface area contributed by atoms with Gasteiger partial charge in [0.2, 0.25) is 0 Å². The molecular weight excluding hydrogens is 224 g/mol. The molecule has 0 aliphatic rings. The Morgan fingerprint density at radius 1 is 1.17 bits per heavy atom. The third kappa shape index (κ3) is 2.76. The molecule has 0 unspecified atom stereocenters. The molecular formula is C14H20N4. The lowest BCUT2D eigenvalue weighted by Crippen LogP contribution is -2.45. The Balaban J connectivity index is 2.12. The van der Waals surface area contributed by atoms with Crippen LogP contribution in [-0.2, 0) is 0 Å². The molecule has 0 saturated heterocycles. The maximum atomic E-state index is 6.25. The molecule has 4 heteroatoms. The largest absolute Gasteiger partial charge is 0.367 e. The first kappa shape index (κ1) is 12.8. The van der Waals surface area contributed by atoms with Crippen LogP contribution in [0.15, 0.2) is 30.5 Å². The molecule has 0 aliphatic carbocycles. The van der Waals surface area contributed by atoms with Crippen molar-refractivity contribution in [2.75, 3.05) is 11.9 Å². The minimum Gasteiger partial charge on any atom is -0.367 e. The molecule has 0 amide bonds. The van der Waals surface area contributed by atoms with Crippen molar-refractivity contribution >= 4 is 16.9 Å². The lowest BCUT2D eigenvalue weighted by Gasteiger charge is -2.27. The van der Waals surface area contributed by atoms with Gasteiger partial charge in [0.15, 0.2) is 0 Å². The van der Waals surface area contributed by atoms with Gasteiger partial charge in [-0.2, -0.15) is 0 Å². The van der Waals surface area contributed by atoms with Crippen LogP contribution in [0, 0.1) is 0 Å². The number of fused-ring (bicyclic) bond motifs is 1. The molecule has 1 aromatic heterocycles. The van der Waals surface area contributed by atoms with E-state index < -0.39 is 0 Å². The van der Waals surface area contributed by atoms with Crippen LogP contribution in [0.5, 0.6) is 0 Å². The van der Waals surface area contributed by atoms with Gasteiger partial charge < -0.3 is 11.1 Å². The summed E-state index contributed by atoms with van der Waals surface area (Å²) in [6.45, 7) is 4.93. The highest BCUT2D eigenvalue weighted by Crippen LogP contribution is 2.14. The van der Waals surface area contributed by atoms with E-state index in [1.165, 1.54) is 0 Å². The van der Waals surface area contributed by atoms with Crippen molar-refractivity contribution in [1.82, 2.24) is 9.97 Å². The summed E-state index contributed by atoms with van der Waals surface area (Å²) < 4.78 is 0.